The average molecular weight is 351 g/mol. The van der Waals surface area contributed by atoms with Crippen LogP contribution in [0.5, 0.6) is 0 Å². The molecule has 4 rings (SSSR count). The summed E-state index contributed by atoms with van der Waals surface area (Å²) in [4.78, 5) is 32.0. The lowest BCUT2D eigenvalue weighted by Crippen LogP contribution is -2.38. The number of aromatic nitrogens is 2. The molecule has 0 bridgehead atoms. The smallest absolute Gasteiger partial charge is 0.265 e. The van der Waals surface area contributed by atoms with Crippen LogP contribution in [0.2, 0.25) is 0 Å². The van der Waals surface area contributed by atoms with E-state index in [1.54, 1.807) is 18.9 Å². The van der Waals surface area contributed by atoms with Gasteiger partial charge in [0.2, 0.25) is 5.71 Å². The predicted molar refractivity (Wildman–Crippen MR) is 99.4 cm³/mol. The molecule has 6 heteroatoms. The second-order valence-electron chi connectivity index (χ2n) is 6.92. The lowest BCUT2D eigenvalue weighted by atomic mass is 9.85. The standard InChI is InChI=1S/C20H21N3O3/c1-13-16(17-18(26-13)21-12-22(2)19(17)24)20(25)23(11-14-7-6-8-14)15-9-4-3-5-10-15/h3-5,9-10,12,14H,6-8,11H2,1-2H3. The highest BCUT2D eigenvalue weighted by molar-refractivity contribution is 6.13. The Morgan fingerprint density at radius 3 is 2.69 bits per heavy atom. The number of fused-ring (bicyclic) bond motifs is 1. The number of carbonyl (C=O) groups is 1. The minimum atomic E-state index is -0.271. The van der Waals surface area contributed by atoms with Gasteiger partial charge in [0, 0.05) is 19.3 Å². The van der Waals surface area contributed by atoms with E-state index in [1.807, 2.05) is 30.3 Å². The zero-order valence-corrected chi connectivity index (χ0v) is 14.9. The molecule has 0 spiro atoms. The highest BCUT2D eigenvalue weighted by Crippen LogP contribution is 2.31. The molecule has 0 saturated heterocycles. The third-order valence-electron chi connectivity index (χ3n) is 5.14. The average Bonchev–Trinajstić information content (AvgIpc) is 2.94. The Morgan fingerprint density at radius 2 is 2.04 bits per heavy atom. The first-order valence-electron chi connectivity index (χ1n) is 8.88. The van der Waals surface area contributed by atoms with E-state index in [0.29, 0.717) is 23.8 Å². The van der Waals surface area contributed by atoms with Crippen molar-refractivity contribution in [1.82, 2.24) is 9.55 Å². The van der Waals surface area contributed by atoms with Gasteiger partial charge in [-0.1, -0.05) is 24.6 Å². The molecule has 134 valence electrons. The van der Waals surface area contributed by atoms with Crippen molar-refractivity contribution in [3.05, 3.63) is 58.3 Å². The van der Waals surface area contributed by atoms with Crippen molar-refractivity contribution in [3.8, 4) is 0 Å². The topological polar surface area (TPSA) is 68.3 Å². The summed E-state index contributed by atoms with van der Waals surface area (Å²) >= 11 is 0. The summed E-state index contributed by atoms with van der Waals surface area (Å²) in [6.45, 7) is 2.36. The van der Waals surface area contributed by atoms with Crippen LogP contribution in [0, 0.1) is 12.8 Å². The monoisotopic (exact) mass is 351 g/mol. The zero-order chi connectivity index (χ0) is 18.3. The molecule has 0 atom stereocenters. The van der Waals surface area contributed by atoms with Gasteiger partial charge in [-0.3, -0.25) is 9.59 Å². The molecule has 26 heavy (non-hydrogen) atoms. The van der Waals surface area contributed by atoms with Crippen molar-refractivity contribution in [3.63, 3.8) is 0 Å². The van der Waals surface area contributed by atoms with Gasteiger partial charge in [-0.25, -0.2) is 4.98 Å². The molecular formula is C20H21N3O3. The second kappa shape index (κ2) is 6.44. The summed E-state index contributed by atoms with van der Waals surface area (Å²) in [5, 5.41) is 0.257. The van der Waals surface area contributed by atoms with Gasteiger partial charge in [0.1, 0.15) is 17.5 Å². The van der Waals surface area contributed by atoms with Crippen molar-refractivity contribution in [2.24, 2.45) is 13.0 Å². The van der Waals surface area contributed by atoms with Crippen molar-refractivity contribution in [1.29, 1.82) is 0 Å². The van der Waals surface area contributed by atoms with E-state index >= 15 is 0 Å². The molecule has 6 nitrogen and oxygen atoms in total. The largest absolute Gasteiger partial charge is 0.442 e. The van der Waals surface area contributed by atoms with Crippen LogP contribution in [0.15, 0.2) is 45.9 Å². The van der Waals surface area contributed by atoms with Crippen LogP contribution >= 0.6 is 0 Å². The molecule has 0 aliphatic heterocycles. The summed E-state index contributed by atoms with van der Waals surface area (Å²) in [5.74, 6) is 0.721. The number of hydrogen-bond donors (Lipinski definition) is 0. The Balaban J connectivity index is 1.83. The third kappa shape index (κ3) is 2.71. The minimum absolute atomic E-state index is 0.204. The van der Waals surface area contributed by atoms with Gasteiger partial charge in [-0.15, -0.1) is 0 Å². The van der Waals surface area contributed by atoms with E-state index in [0.717, 1.165) is 18.5 Å². The molecule has 1 aliphatic carbocycles. The number of benzene rings is 1. The number of nitrogens with zero attached hydrogens (tertiary/aromatic N) is 3. The quantitative estimate of drug-likeness (QED) is 0.723. The summed E-state index contributed by atoms with van der Waals surface area (Å²) in [6.07, 6.45) is 4.88. The maximum Gasteiger partial charge on any atom is 0.265 e. The number of anilines is 1. The van der Waals surface area contributed by atoms with Crippen LogP contribution in [0.3, 0.4) is 0 Å². The molecular weight excluding hydrogens is 330 g/mol. The Bertz CT molecular complexity index is 1020. The highest BCUT2D eigenvalue weighted by Gasteiger charge is 2.30. The Kier molecular flexibility index (Phi) is 4.11. The Hall–Kier alpha value is -2.89. The van der Waals surface area contributed by atoms with E-state index in [9.17, 15) is 9.59 Å². The normalized spacial score (nSPS) is 14.4. The molecule has 2 heterocycles. The van der Waals surface area contributed by atoms with Crippen molar-refractivity contribution >= 4 is 22.7 Å². The Morgan fingerprint density at radius 1 is 1.31 bits per heavy atom. The van der Waals surface area contributed by atoms with E-state index in [2.05, 4.69) is 4.98 Å². The van der Waals surface area contributed by atoms with E-state index in [-0.39, 0.29) is 22.6 Å². The number of furan rings is 1. The summed E-state index contributed by atoms with van der Waals surface area (Å²) in [5.41, 5.74) is 1.09. The van der Waals surface area contributed by atoms with Gasteiger partial charge in [0.05, 0.1) is 5.56 Å². The van der Waals surface area contributed by atoms with Crippen LogP contribution in [-0.2, 0) is 7.05 Å². The van der Waals surface area contributed by atoms with E-state index in [4.69, 9.17) is 4.42 Å². The van der Waals surface area contributed by atoms with Crippen LogP contribution < -0.4 is 10.5 Å². The Labute approximate surface area is 151 Å². The number of rotatable bonds is 4. The van der Waals surface area contributed by atoms with Gasteiger partial charge in [-0.05, 0) is 37.8 Å². The van der Waals surface area contributed by atoms with Gasteiger partial charge < -0.3 is 13.9 Å². The zero-order valence-electron chi connectivity index (χ0n) is 14.9. The molecule has 1 aromatic carbocycles. The first-order chi connectivity index (χ1) is 12.6. The molecule has 0 N–H and O–H groups in total. The molecule has 0 radical (unpaired) electrons. The maximum absolute atomic E-state index is 13.5. The van der Waals surface area contributed by atoms with Crippen molar-refractivity contribution < 1.29 is 9.21 Å². The lowest BCUT2D eigenvalue weighted by molar-refractivity contribution is 0.0977. The first-order valence-corrected chi connectivity index (χ1v) is 8.88. The minimum Gasteiger partial charge on any atom is -0.442 e. The molecule has 1 fully saturated rings. The predicted octanol–water partition coefficient (Wildman–Crippen LogP) is 3.28. The molecule has 2 aromatic heterocycles. The van der Waals surface area contributed by atoms with Crippen molar-refractivity contribution in [2.75, 3.05) is 11.4 Å². The highest BCUT2D eigenvalue weighted by atomic mass is 16.3. The fourth-order valence-corrected chi connectivity index (χ4v) is 3.43. The van der Waals surface area contributed by atoms with Gasteiger partial charge in [-0.2, -0.15) is 0 Å². The van der Waals surface area contributed by atoms with Crippen molar-refractivity contribution in [2.45, 2.75) is 26.2 Å². The summed E-state index contributed by atoms with van der Waals surface area (Å²) < 4.78 is 6.98. The van der Waals surface area contributed by atoms with Gasteiger partial charge >= 0.3 is 0 Å². The second-order valence-corrected chi connectivity index (χ2v) is 6.92. The lowest BCUT2D eigenvalue weighted by Gasteiger charge is -2.32. The van der Waals surface area contributed by atoms with Crippen LogP contribution in [0.25, 0.3) is 11.1 Å². The molecule has 1 aliphatic rings. The maximum atomic E-state index is 13.5. The molecule has 1 amide bonds. The number of amides is 1. The van der Waals surface area contributed by atoms with Crippen LogP contribution in [0.4, 0.5) is 5.69 Å². The van der Waals surface area contributed by atoms with Crippen LogP contribution in [0.1, 0.15) is 35.4 Å². The number of aryl methyl sites for hydroxylation is 2. The first kappa shape index (κ1) is 16.6. The summed E-state index contributed by atoms with van der Waals surface area (Å²) in [7, 11) is 1.62. The SMILES string of the molecule is Cc1oc2ncn(C)c(=O)c2c1C(=O)N(CC1CCC1)c1ccccc1. The van der Waals surface area contributed by atoms with Gasteiger partial charge in [0.15, 0.2) is 0 Å². The fourth-order valence-electron chi connectivity index (χ4n) is 3.43. The summed E-state index contributed by atoms with van der Waals surface area (Å²) in [6, 6.07) is 9.59. The molecule has 1 saturated carbocycles. The van der Waals surface area contributed by atoms with Crippen LogP contribution in [-0.4, -0.2) is 22.0 Å². The van der Waals surface area contributed by atoms with Gasteiger partial charge in [0.25, 0.3) is 11.5 Å². The number of hydrogen-bond acceptors (Lipinski definition) is 4. The number of carbonyl (C=O) groups excluding carboxylic acids is 1. The van der Waals surface area contributed by atoms with E-state index in [1.165, 1.54) is 17.3 Å². The molecule has 0 unspecified atom stereocenters. The molecule has 3 aromatic rings. The van der Waals surface area contributed by atoms with E-state index < -0.39 is 0 Å². The fraction of sp³-hybridized carbons (Fsp3) is 0.350. The third-order valence-corrected chi connectivity index (χ3v) is 5.14. The number of para-hydroxylation sites is 1.